The Kier molecular flexibility index (Phi) is 6.53. The number of amides is 1. The topological polar surface area (TPSA) is 57.6 Å². The molecule has 1 atom stereocenters. The monoisotopic (exact) mass is 489 g/mol. The lowest BCUT2D eigenvalue weighted by molar-refractivity contribution is -0.136. The Labute approximate surface area is 218 Å². The van der Waals surface area contributed by atoms with Crippen LogP contribution in [-0.2, 0) is 16.9 Å². The van der Waals surface area contributed by atoms with Crippen molar-refractivity contribution in [3.05, 3.63) is 125 Å². The van der Waals surface area contributed by atoms with E-state index in [1.807, 2.05) is 61.5 Å². The van der Waals surface area contributed by atoms with Crippen molar-refractivity contribution in [2.75, 3.05) is 4.90 Å². The third-order valence-corrected chi connectivity index (χ3v) is 7.34. The van der Waals surface area contributed by atoms with Crippen molar-refractivity contribution in [1.29, 1.82) is 0 Å². The normalized spacial score (nSPS) is 16.8. The second-order valence-corrected chi connectivity index (χ2v) is 10.2. The molecule has 0 fully saturated rings. The molecule has 5 rings (SSSR count). The van der Waals surface area contributed by atoms with E-state index in [1.165, 1.54) is 5.56 Å². The summed E-state index contributed by atoms with van der Waals surface area (Å²) < 4.78 is 0. The number of rotatable bonds is 7. The van der Waals surface area contributed by atoms with Crippen LogP contribution in [0.25, 0.3) is 11.1 Å². The van der Waals surface area contributed by atoms with Gasteiger partial charge in [-0.25, -0.2) is 0 Å². The van der Waals surface area contributed by atoms with Crippen LogP contribution in [0.1, 0.15) is 58.8 Å². The molecule has 4 nitrogen and oxygen atoms in total. The fourth-order valence-electron chi connectivity index (χ4n) is 5.04. The number of benzene rings is 4. The predicted molar refractivity (Wildman–Crippen MR) is 148 cm³/mol. The lowest BCUT2D eigenvalue weighted by Gasteiger charge is -2.24. The third kappa shape index (κ3) is 4.61. The molecule has 1 aliphatic rings. The summed E-state index contributed by atoms with van der Waals surface area (Å²) in [6.07, 6.45) is -0.310. The van der Waals surface area contributed by atoms with Crippen molar-refractivity contribution in [2.45, 2.75) is 45.3 Å². The number of aryl methyl sites for hydroxylation is 1. The number of anilines is 1. The van der Waals surface area contributed by atoms with Crippen LogP contribution in [0.3, 0.4) is 0 Å². The van der Waals surface area contributed by atoms with Gasteiger partial charge in [-0.15, -0.1) is 0 Å². The molecule has 37 heavy (non-hydrogen) atoms. The molecule has 0 aliphatic carbocycles. The number of hydrogen-bond donors (Lipinski definition) is 1. The van der Waals surface area contributed by atoms with E-state index in [1.54, 1.807) is 29.2 Å². The Hall–Kier alpha value is -4.02. The van der Waals surface area contributed by atoms with Crippen LogP contribution >= 0.6 is 0 Å². The van der Waals surface area contributed by atoms with Crippen molar-refractivity contribution in [1.82, 2.24) is 0 Å². The number of nitrogens with zero attached hydrogens (tertiary/aromatic N) is 1. The number of hydrogen-bond acceptors (Lipinski definition) is 3. The molecule has 0 unspecified atom stereocenters. The maximum atomic E-state index is 13.7. The highest BCUT2D eigenvalue weighted by atomic mass is 16.3. The van der Waals surface area contributed by atoms with Crippen molar-refractivity contribution >= 4 is 17.4 Å². The average molecular weight is 490 g/mol. The number of aliphatic hydroxyl groups is 1. The lowest BCUT2D eigenvalue weighted by atomic mass is 9.88. The Morgan fingerprint density at radius 2 is 1.51 bits per heavy atom. The zero-order chi connectivity index (χ0) is 26.2. The van der Waals surface area contributed by atoms with Gasteiger partial charge in [-0.2, -0.15) is 0 Å². The van der Waals surface area contributed by atoms with Gasteiger partial charge in [-0.05, 0) is 46.7 Å². The van der Waals surface area contributed by atoms with Gasteiger partial charge in [0.05, 0.1) is 18.7 Å². The van der Waals surface area contributed by atoms with Crippen molar-refractivity contribution < 1.29 is 14.7 Å². The summed E-state index contributed by atoms with van der Waals surface area (Å²) >= 11 is 0. The van der Waals surface area contributed by atoms with E-state index in [0.717, 1.165) is 22.3 Å². The molecule has 4 heteroatoms. The van der Waals surface area contributed by atoms with Crippen LogP contribution in [0.2, 0.25) is 0 Å². The summed E-state index contributed by atoms with van der Waals surface area (Å²) in [6.45, 7) is 6.65. The summed E-state index contributed by atoms with van der Waals surface area (Å²) in [4.78, 5) is 28.7. The average Bonchev–Trinajstić information content (AvgIpc) is 3.12. The first-order valence-electron chi connectivity index (χ1n) is 12.7. The fraction of sp³-hybridized carbons (Fsp3) is 0.212. The molecule has 1 amide bonds. The first-order valence-corrected chi connectivity index (χ1v) is 12.7. The Morgan fingerprint density at radius 3 is 2.22 bits per heavy atom. The van der Waals surface area contributed by atoms with E-state index in [2.05, 4.69) is 32.0 Å². The molecular formula is C33H31NO3. The van der Waals surface area contributed by atoms with E-state index in [-0.39, 0.29) is 12.2 Å². The largest absolute Gasteiger partial charge is 0.375 e. The van der Waals surface area contributed by atoms with Crippen LogP contribution in [-0.4, -0.2) is 16.8 Å². The zero-order valence-corrected chi connectivity index (χ0v) is 21.4. The number of Topliss-reactive ketones (excluding diaryl/α,β-unsaturated/α-hetero) is 1. The van der Waals surface area contributed by atoms with Gasteiger partial charge in [0, 0.05) is 11.1 Å². The molecule has 1 N–H and O–H groups in total. The minimum absolute atomic E-state index is 0.273. The lowest BCUT2D eigenvalue weighted by Crippen LogP contribution is -2.41. The van der Waals surface area contributed by atoms with Crippen LogP contribution in [0.15, 0.2) is 97.1 Å². The molecule has 0 bridgehead atoms. The maximum absolute atomic E-state index is 13.7. The molecule has 1 heterocycles. The fourth-order valence-corrected chi connectivity index (χ4v) is 5.04. The zero-order valence-electron chi connectivity index (χ0n) is 21.4. The third-order valence-electron chi connectivity index (χ3n) is 7.34. The number of carbonyl (C=O) groups excluding carboxylic acids is 2. The Balaban J connectivity index is 1.42. The highest BCUT2D eigenvalue weighted by molar-refractivity contribution is 6.10. The molecule has 0 aromatic heterocycles. The van der Waals surface area contributed by atoms with Gasteiger partial charge >= 0.3 is 0 Å². The first-order chi connectivity index (χ1) is 17.8. The van der Waals surface area contributed by atoms with E-state index in [4.69, 9.17) is 0 Å². The molecule has 0 saturated carbocycles. The van der Waals surface area contributed by atoms with Gasteiger partial charge in [0.25, 0.3) is 5.91 Å². The smallest absolute Gasteiger partial charge is 0.264 e. The van der Waals surface area contributed by atoms with Gasteiger partial charge in [0.1, 0.15) is 0 Å². The summed E-state index contributed by atoms with van der Waals surface area (Å²) in [6, 6.07) is 30.8. The van der Waals surface area contributed by atoms with E-state index < -0.39 is 11.5 Å². The molecule has 0 radical (unpaired) electrons. The van der Waals surface area contributed by atoms with Crippen molar-refractivity contribution in [3.8, 4) is 11.1 Å². The minimum atomic E-state index is -1.91. The van der Waals surface area contributed by atoms with Gasteiger partial charge in [0.2, 0.25) is 0 Å². The van der Waals surface area contributed by atoms with E-state index in [9.17, 15) is 14.7 Å². The van der Waals surface area contributed by atoms with Gasteiger partial charge in [-0.1, -0.05) is 105 Å². The van der Waals surface area contributed by atoms with Crippen LogP contribution in [0.5, 0.6) is 0 Å². The summed E-state index contributed by atoms with van der Waals surface area (Å²) in [5, 5.41) is 11.7. The van der Waals surface area contributed by atoms with Crippen molar-refractivity contribution in [2.24, 2.45) is 0 Å². The first kappa shape index (κ1) is 24.7. The number of fused-ring (bicyclic) bond motifs is 1. The summed E-state index contributed by atoms with van der Waals surface area (Å²) in [5.41, 5.74) is 5.07. The molecule has 0 spiro atoms. The molecule has 186 valence electrons. The molecule has 1 aliphatic heterocycles. The minimum Gasteiger partial charge on any atom is -0.375 e. The Bertz CT molecular complexity index is 1460. The number of ketones is 1. The van der Waals surface area contributed by atoms with Crippen LogP contribution in [0.4, 0.5) is 5.69 Å². The quantitative estimate of drug-likeness (QED) is 0.291. The molecule has 4 aromatic rings. The van der Waals surface area contributed by atoms with E-state index >= 15 is 0 Å². The number of carbonyl (C=O) groups is 2. The van der Waals surface area contributed by atoms with Gasteiger partial charge in [0.15, 0.2) is 11.4 Å². The highest BCUT2D eigenvalue weighted by Crippen LogP contribution is 2.44. The molecule has 0 saturated heterocycles. The second kappa shape index (κ2) is 9.79. The van der Waals surface area contributed by atoms with E-state index in [0.29, 0.717) is 29.3 Å². The number of para-hydroxylation sites is 1. The van der Waals surface area contributed by atoms with Crippen LogP contribution < -0.4 is 4.90 Å². The maximum Gasteiger partial charge on any atom is 0.264 e. The van der Waals surface area contributed by atoms with Gasteiger partial charge < -0.3 is 10.0 Å². The second-order valence-electron chi connectivity index (χ2n) is 10.2. The molecular weight excluding hydrogens is 458 g/mol. The SMILES string of the molecule is Cc1ccc(C(C)C)cc1CN1C(=O)[C@@](O)(CC(=O)c2ccc(-c3ccccc3)cc2)c2ccccc21. The Morgan fingerprint density at radius 1 is 0.865 bits per heavy atom. The summed E-state index contributed by atoms with van der Waals surface area (Å²) in [5.74, 6) is -0.369. The standard InChI is InChI=1S/C33H31NO3/c1-22(2)27-14-13-23(3)28(19-27)21-34-30-12-8-7-11-29(30)33(37,32(34)36)20-31(35)26-17-15-25(16-18-26)24-9-5-4-6-10-24/h4-19,22,37H,20-21H2,1-3H3/t33-/m1/s1. The summed E-state index contributed by atoms with van der Waals surface area (Å²) in [7, 11) is 0. The predicted octanol–water partition coefficient (Wildman–Crippen LogP) is 6.79. The van der Waals surface area contributed by atoms with Crippen LogP contribution in [0, 0.1) is 6.92 Å². The van der Waals surface area contributed by atoms with Gasteiger partial charge in [-0.3, -0.25) is 9.59 Å². The highest BCUT2D eigenvalue weighted by Gasteiger charge is 2.50. The van der Waals surface area contributed by atoms with Crippen molar-refractivity contribution in [3.63, 3.8) is 0 Å². The molecule has 4 aromatic carbocycles.